The Labute approximate surface area is 378 Å². The van der Waals surface area contributed by atoms with E-state index in [0.29, 0.717) is 41.4 Å². The van der Waals surface area contributed by atoms with Crippen LogP contribution in [0.25, 0.3) is 0 Å². The Bertz CT molecular complexity index is 2140. The predicted molar refractivity (Wildman–Crippen MR) is 236 cm³/mol. The average molecular weight is 948 g/mol. The minimum absolute atomic E-state index is 0.0397. The van der Waals surface area contributed by atoms with Crippen molar-refractivity contribution in [1.82, 2.24) is 31.5 Å². The molecular formula is C42H49Cl2N6O11PS. The SMILES string of the molecule is CC(NC(=O)[C@H](CC(=O)O)NC(=O)[C@H](Cc1ccc(O)cc1)NC(=O)[C@@H]1CCCN1C(=O)CCCC[C@@H]1SC[C@@H]2NC(=O)N[C@@H]21)P(=O)(Oc1ccc(Cl)cc1)Oc1ccc(Cl)cc1. The van der Waals surface area contributed by atoms with Gasteiger partial charge >= 0.3 is 19.6 Å². The second kappa shape index (κ2) is 21.5. The molecule has 0 bridgehead atoms. The van der Waals surface area contributed by atoms with E-state index in [-0.39, 0.29) is 59.4 Å². The summed E-state index contributed by atoms with van der Waals surface area (Å²) in [6.07, 6.45) is 2.25. The first-order valence-electron chi connectivity index (χ1n) is 20.5. The quantitative estimate of drug-likeness (QED) is 0.0439. The first-order valence-corrected chi connectivity index (χ1v) is 23.9. The summed E-state index contributed by atoms with van der Waals surface area (Å²) >= 11 is 13.8. The number of rotatable bonds is 20. The third-order valence-electron chi connectivity index (χ3n) is 10.9. The maximum absolute atomic E-state index is 14.4. The van der Waals surface area contributed by atoms with E-state index in [9.17, 15) is 43.5 Å². The van der Waals surface area contributed by atoms with Crippen molar-refractivity contribution < 1.29 is 52.6 Å². The zero-order valence-electron chi connectivity index (χ0n) is 34.2. The molecule has 7 N–H and O–H groups in total. The standard InChI is InChI=1S/C42H49Cl2N6O11PS/c1-24(62(59,60-29-16-10-26(43)11-17-29)61-30-18-12-27(44)13-19-30)45-39(55)32(22-37(53)54)46-40(56)31(21-25-8-14-28(51)15-9-25)47-41(57)34-5-4-20-50(34)36(52)7-3-2-6-35-38-33(23-63-35)48-42(58)49-38/h8-19,24,31-35,38,51H,2-7,20-23H2,1H3,(H,45,55)(H,46,56)(H,47,57)(H,53,54)(H2,48,49,58)/t24?,31-,32-,33-,34-,35-,38-/m0/s1. The molecule has 3 aromatic carbocycles. The molecule has 0 spiro atoms. The molecule has 6 rings (SSSR count). The van der Waals surface area contributed by atoms with E-state index in [4.69, 9.17) is 32.2 Å². The number of carboxylic acid groups (broad SMARTS) is 1. The largest absolute Gasteiger partial charge is 0.508 e. The van der Waals surface area contributed by atoms with Gasteiger partial charge in [0.2, 0.25) is 23.6 Å². The number of phenols is 1. The van der Waals surface area contributed by atoms with Gasteiger partial charge in [-0.25, -0.2) is 9.36 Å². The summed E-state index contributed by atoms with van der Waals surface area (Å²) in [4.78, 5) is 80.6. The smallest absolute Gasteiger partial charge is 0.452 e. The van der Waals surface area contributed by atoms with Gasteiger partial charge in [-0.15, -0.1) is 0 Å². The van der Waals surface area contributed by atoms with Gasteiger partial charge in [-0.1, -0.05) is 41.8 Å². The number of aliphatic carboxylic acids is 1. The number of hydrogen-bond donors (Lipinski definition) is 7. The summed E-state index contributed by atoms with van der Waals surface area (Å²) in [5.41, 5.74) is 0.514. The number of fused-ring (bicyclic) bond motifs is 1. The van der Waals surface area contributed by atoms with Crippen molar-refractivity contribution >= 4 is 78.2 Å². The maximum Gasteiger partial charge on any atom is 0.452 e. The van der Waals surface area contributed by atoms with Crippen LogP contribution < -0.4 is 35.6 Å². The lowest BCUT2D eigenvalue weighted by molar-refractivity contribution is -0.141. The van der Waals surface area contributed by atoms with Crippen molar-refractivity contribution in [3.05, 3.63) is 88.4 Å². The van der Waals surface area contributed by atoms with Crippen LogP contribution in [0.15, 0.2) is 72.8 Å². The van der Waals surface area contributed by atoms with E-state index in [2.05, 4.69) is 26.6 Å². The number of unbranched alkanes of at least 4 members (excludes halogenated alkanes) is 1. The van der Waals surface area contributed by atoms with Crippen LogP contribution in [0.2, 0.25) is 10.0 Å². The summed E-state index contributed by atoms with van der Waals surface area (Å²) < 4.78 is 26.0. The Hall–Kier alpha value is -5.16. The molecule has 0 aromatic heterocycles. The molecule has 63 heavy (non-hydrogen) atoms. The summed E-state index contributed by atoms with van der Waals surface area (Å²) in [5.74, 6) is -4.69. The van der Waals surface area contributed by atoms with Gasteiger partial charge in [0.15, 0.2) is 5.78 Å². The molecular weight excluding hydrogens is 898 g/mol. The van der Waals surface area contributed by atoms with E-state index in [1.807, 2.05) is 0 Å². The summed E-state index contributed by atoms with van der Waals surface area (Å²) in [6, 6.07) is 13.6. The second-order valence-electron chi connectivity index (χ2n) is 15.5. The van der Waals surface area contributed by atoms with Crippen LogP contribution in [0, 0.1) is 0 Å². The number of thioether (sulfide) groups is 1. The number of aromatic hydroxyl groups is 1. The Balaban J connectivity index is 1.12. The van der Waals surface area contributed by atoms with Crippen LogP contribution >= 0.6 is 42.6 Å². The van der Waals surface area contributed by atoms with Crippen molar-refractivity contribution in [2.45, 2.75) is 99.5 Å². The van der Waals surface area contributed by atoms with Gasteiger partial charge in [-0.2, -0.15) is 11.8 Å². The molecule has 3 saturated heterocycles. The van der Waals surface area contributed by atoms with Gasteiger partial charge in [-0.3, -0.25) is 24.0 Å². The van der Waals surface area contributed by atoms with E-state index < -0.39 is 61.6 Å². The fraction of sp³-hybridized carbons (Fsp3) is 0.429. The molecule has 21 heteroatoms. The second-order valence-corrected chi connectivity index (χ2v) is 19.9. The molecule has 3 aliphatic rings. The molecule has 3 aromatic rings. The number of halogens is 2. The molecule has 1 unspecified atom stereocenters. The number of hydrogen-bond acceptors (Lipinski definition) is 11. The van der Waals surface area contributed by atoms with E-state index in [1.165, 1.54) is 84.6 Å². The van der Waals surface area contributed by atoms with Gasteiger partial charge in [0, 0.05) is 40.4 Å². The molecule has 3 heterocycles. The summed E-state index contributed by atoms with van der Waals surface area (Å²) in [7, 11) is -4.39. The number of likely N-dealkylation sites (tertiary alicyclic amines) is 1. The fourth-order valence-corrected chi connectivity index (χ4v) is 10.9. The average Bonchev–Trinajstić information content (AvgIpc) is 3.98. The Kier molecular flexibility index (Phi) is 16.1. The van der Waals surface area contributed by atoms with Crippen molar-refractivity contribution in [3.63, 3.8) is 0 Å². The summed E-state index contributed by atoms with van der Waals surface area (Å²) in [6.45, 7) is 1.67. The fourth-order valence-electron chi connectivity index (χ4n) is 7.59. The van der Waals surface area contributed by atoms with Gasteiger partial charge in [0.1, 0.15) is 35.4 Å². The Morgan fingerprint density at radius 3 is 2.11 bits per heavy atom. The molecule has 7 atom stereocenters. The minimum atomic E-state index is -4.39. The maximum atomic E-state index is 14.4. The summed E-state index contributed by atoms with van der Waals surface area (Å²) in [5, 5.41) is 34.2. The third-order valence-corrected chi connectivity index (χ3v) is 14.9. The zero-order chi connectivity index (χ0) is 45.3. The lowest BCUT2D eigenvalue weighted by Crippen LogP contribution is -2.57. The van der Waals surface area contributed by atoms with Crippen LogP contribution in [0.5, 0.6) is 17.2 Å². The van der Waals surface area contributed by atoms with E-state index >= 15 is 0 Å². The normalized spacial score (nSPS) is 20.6. The third kappa shape index (κ3) is 13.0. The number of amides is 6. The number of carbonyl (C=O) groups is 6. The monoisotopic (exact) mass is 946 g/mol. The predicted octanol–water partition coefficient (Wildman–Crippen LogP) is 5.22. The number of nitrogens with zero attached hydrogens (tertiary/aromatic N) is 1. The lowest BCUT2D eigenvalue weighted by atomic mass is 10.0. The lowest BCUT2D eigenvalue weighted by Gasteiger charge is -2.29. The van der Waals surface area contributed by atoms with Gasteiger partial charge < -0.3 is 50.7 Å². The molecule has 17 nitrogen and oxygen atoms in total. The topological polar surface area (TPSA) is 242 Å². The number of phenolic OH excluding ortho intramolecular Hbond substituents is 1. The van der Waals surface area contributed by atoms with Crippen molar-refractivity contribution in [2.75, 3.05) is 12.3 Å². The van der Waals surface area contributed by atoms with Gasteiger partial charge in [0.25, 0.3) is 0 Å². The molecule has 3 aliphatic heterocycles. The van der Waals surface area contributed by atoms with Crippen LogP contribution in [-0.2, 0) is 35.0 Å². The van der Waals surface area contributed by atoms with E-state index in [1.54, 1.807) is 11.8 Å². The molecule has 0 saturated carbocycles. The van der Waals surface area contributed by atoms with Crippen molar-refractivity contribution in [1.29, 1.82) is 0 Å². The number of carbonyl (C=O) groups excluding carboxylic acids is 5. The van der Waals surface area contributed by atoms with Crippen LogP contribution in [0.3, 0.4) is 0 Å². The molecule has 0 aliphatic carbocycles. The number of carboxylic acids is 1. The minimum Gasteiger partial charge on any atom is -0.508 e. The number of urea groups is 1. The highest BCUT2D eigenvalue weighted by atomic mass is 35.5. The first-order chi connectivity index (χ1) is 30.1. The number of benzene rings is 3. The highest BCUT2D eigenvalue weighted by Gasteiger charge is 2.43. The van der Waals surface area contributed by atoms with Crippen LogP contribution in [0.1, 0.15) is 57.4 Å². The van der Waals surface area contributed by atoms with Crippen molar-refractivity contribution in [3.8, 4) is 17.2 Å². The molecule has 6 amide bonds. The van der Waals surface area contributed by atoms with Gasteiger partial charge in [0.05, 0.1) is 18.5 Å². The highest BCUT2D eigenvalue weighted by molar-refractivity contribution is 8.00. The zero-order valence-corrected chi connectivity index (χ0v) is 37.4. The Morgan fingerprint density at radius 1 is 0.873 bits per heavy atom. The molecule has 3 fully saturated rings. The van der Waals surface area contributed by atoms with Crippen LogP contribution in [0.4, 0.5) is 4.79 Å². The first kappa shape index (κ1) is 47.3. The Morgan fingerprint density at radius 2 is 1.49 bits per heavy atom. The van der Waals surface area contributed by atoms with Crippen molar-refractivity contribution in [2.24, 2.45) is 0 Å². The molecule has 0 radical (unpaired) electrons. The molecule has 338 valence electrons. The van der Waals surface area contributed by atoms with Crippen LogP contribution in [-0.4, -0.2) is 104 Å². The van der Waals surface area contributed by atoms with Gasteiger partial charge in [-0.05, 0) is 98.8 Å². The number of nitrogens with one attached hydrogen (secondary N) is 5. The van der Waals surface area contributed by atoms with E-state index in [0.717, 1.165) is 18.6 Å². The highest BCUT2D eigenvalue weighted by Crippen LogP contribution is 2.52.